The van der Waals surface area contributed by atoms with E-state index in [2.05, 4.69) is 10.3 Å². The maximum absolute atomic E-state index is 12.2. The van der Waals surface area contributed by atoms with Gasteiger partial charge in [-0.3, -0.25) is 4.79 Å². The van der Waals surface area contributed by atoms with E-state index in [1.807, 2.05) is 31.2 Å². The second-order valence-corrected chi connectivity index (χ2v) is 7.04. The van der Waals surface area contributed by atoms with Crippen molar-refractivity contribution in [3.8, 4) is 0 Å². The third-order valence-electron chi connectivity index (χ3n) is 4.04. The summed E-state index contributed by atoms with van der Waals surface area (Å²) in [5, 5.41) is 6.13. The molecule has 0 unspecified atom stereocenters. The first kappa shape index (κ1) is 17.9. The van der Waals surface area contributed by atoms with Crippen molar-refractivity contribution in [1.29, 1.82) is 0 Å². The molecule has 140 valence electrons. The first-order chi connectivity index (χ1) is 13.6. The van der Waals surface area contributed by atoms with E-state index in [0.717, 1.165) is 11.8 Å². The molecular formula is C21H16N2O4S. The van der Waals surface area contributed by atoms with Crippen molar-refractivity contribution < 1.29 is 13.9 Å². The monoisotopic (exact) mass is 392 g/mol. The van der Waals surface area contributed by atoms with Crippen molar-refractivity contribution in [2.24, 2.45) is 0 Å². The van der Waals surface area contributed by atoms with E-state index in [-0.39, 0.29) is 17.8 Å². The zero-order valence-electron chi connectivity index (χ0n) is 15.0. The van der Waals surface area contributed by atoms with Gasteiger partial charge in [0.15, 0.2) is 10.6 Å². The third kappa shape index (κ3) is 3.94. The topological polar surface area (TPSA) is 81.4 Å². The molecule has 0 amide bonds. The van der Waals surface area contributed by atoms with Crippen molar-refractivity contribution in [3.05, 3.63) is 87.2 Å². The van der Waals surface area contributed by atoms with Gasteiger partial charge in [0, 0.05) is 17.1 Å². The number of thiazole rings is 1. The maximum Gasteiger partial charge on any atom is 0.374 e. The van der Waals surface area contributed by atoms with Gasteiger partial charge in [0.05, 0.1) is 11.1 Å². The number of aryl methyl sites for hydroxylation is 1. The molecule has 0 atom stereocenters. The fraction of sp³-hybridized carbons (Fsp3) is 0.0952. The van der Waals surface area contributed by atoms with Gasteiger partial charge in [-0.15, -0.1) is 11.3 Å². The molecular weight excluding hydrogens is 376 g/mol. The molecule has 0 spiro atoms. The average molecular weight is 392 g/mol. The zero-order chi connectivity index (χ0) is 19.5. The van der Waals surface area contributed by atoms with Crippen LogP contribution in [-0.4, -0.2) is 11.0 Å². The molecule has 6 nitrogen and oxygen atoms in total. The molecule has 0 radical (unpaired) electrons. The van der Waals surface area contributed by atoms with E-state index in [4.69, 9.17) is 9.15 Å². The molecule has 0 aliphatic rings. The van der Waals surface area contributed by atoms with Gasteiger partial charge in [0.25, 0.3) is 0 Å². The van der Waals surface area contributed by atoms with Crippen LogP contribution in [0, 0.1) is 6.92 Å². The van der Waals surface area contributed by atoms with E-state index < -0.39 is 5.97 Å². The number of ether oxygens (including phenoxy) is 1. The number of benzene rings is 2. The van der Waals surface area contributed by atoms with Crippen LogP contribution in [0.5, 0.6) is 0 Å². The lowest BCUT2D eigenvalue weighted by atomic mass is 10.2. The number of nitrogens with zero attached hydrogens (tertiary/aromatic N) is 1. The summed E-state index contributed by atoms with van der Waals surface area (Å²) in [5.74, 6) is -0.833. The molecule has 2 aromatic carbocycles. The number of hydrogen-bond acceptors (Lipinski definition) is 7. The summed E-state index contributed by atoms with van der Waals surface area (Å²) in [7, 11) is 0. The van der Waals surface area contributed by atoms with Crippen LogP contribution < -0.4 is 10.7 Å². The second kappa shape index (κ2) is 7.66. The molecule has 4 rings (SSSR count). The molecule has 2 aromatic heterocycles. The van der Waals surface area contributed by atoms with Gasteiger partial charge in [0.1, 0.15) is 12.2 Å². The Morgan fingerprint density at radius 2 is 1.96 bits per heavy atom. The number of esters is 1. The molecule has 2 heterocycles. The molecule has 1 N–H and O–H groups in total. The van der Waals surface area contributed by atoms with Gasteiger partial charge >= 0.3 is 5.97 Å². The molecule has 28 heavy (non-hydrogen) atoms. The standard InChI is InChI=1S/C21H16N2O4S/c1-13-6-8-14(9-7-13)22-21-23-15(12-28-21)11-26-20(25)19-10-17(24)16-4-2-3-5-18(16)27-19/h2-10,12H,11H2,1H3,(H,22,23). The minimum atomic E-state index is -0.705. The van der Waals surface area contributed by atoms with Crippen LogP contribution in [0.4, 0.5) is 10.8 Å². The van der Waals surface area contributed by atoms with Gasteiger partial charge in [-0.1, -0.05) is 29.8 Å². The van der Waals surface area contributed by atoms with E-state index in [1.165, 1.54) is 16.9 Å². The van der Waals surface area contributed by atoms with Crippen molar-refractivity contribution in [2.75, 3.05) is 5.32 Å². The summed E-state index contributed by atoms with van der Waals surface area (Å²) in [5.41, 5.74) is 2.78. The molecule has 0 saturated carbocycles. The predicted octanol–water partition coefficient (Wildman–Crippen LogP) is 4.66. The Kier molecular flexibility index (Phi) is 4.90. The van der Waals surface area contributed by atoms with E-state index in [0.29, 0.717) is 21.8 Å². The van der Waals surface area contributed by atoms with Crippen LogP contribution in [0.2, 0.25) is 0 Å². The minimum Gasteiger partial charge on any atom is -0.453 e. The molecule has 0 aliphatic carbocycles. The number of carbonyl (C=O) groups is 1. The smallest absolute Gasteiger partial charge is 0.374 e. The van der Waals surface area contributed by atoms with Crippen molar-refractivity contribution in [2.45, 2.75) is 13.5 Å². The number of carbonyl (C=O) groups excluding carboxylic acids is 1. The summed E-state index contributed by atoms with van der Waals surface area (Å²) >= 11 is 1.41. The SMILES string of the molecule is Cc1ccc(Nc2nc(COC(=O)c3cc(=O)c4ccccc4o3)cs2)cc1. The van der Waals surface area contributed by atoms with Crippen LogP contribution in [0.3, 0.4) is 0 Å². The second-order valence-electron chi connectivity index (χ2n) is 6.18. The number of aromatic nitrogens is 1. The van der Waals surface area contributed by atoms with Gasteiger partial charge in [-0.05, 0) is 31.2 Å². The molecule has 0 bridgehead atoms. The Balaban J connectivity index is 1.42. The van der Waals surface area contributed by atoms with E-state index >= 15 is 0 Å². The van der Waals surface area contributed by atoms with Crippen LogP contribution >= 0.6 is 11.3 Å². The summed E-state index contributed by atoms with van der Waals surface area (Å²) < 4.78 is 10.7. The number of hydrogen-bond donors (Lipinski definition) is 1. The molecule has 4 aromatic rings. The zero-order valence-corrected chi connectivity index (χ0v) is 15.8. The summed E-state index contributed by atoms with van der Waals surface area (Å²) in [6.45, 7) is 2.01. The Morgan fingerprint density at radius 1 is 1.18 bits per heavy atom. The quantitative estimate of drug-likeness (QED) is 0.498. The third-order valence-corrected chi connectivity index (χ3v) is 4.85. The van der Waals surface area contributed by atoms with Gasteiger partial charge < -0.3 is 14.5 Å². The first-order valence-electron chi connectivity index (χ1n) is 8.56. The van der Waals surface area contributed by atoms with Gasteiger partial charge in [-0.25, -0.2) is 9.78 Å². The highest BCUT2D eigenvalue weighted by atomic mass is 32.1. The van der Waals surface area contributed by atoms with Crippen molar-refractivity contribution >= 4 is 39.1 Å². The van der Waals surface area contributed by atoms with Crippen molar-refractivity contribution in [3.63, 3.8) is 0 Å². The number of anilines is 2. The average Bonchev–Trinajstić information content (AvgIpc) is 3.15. The summed E-state index contributed by atoms with van der Waals surface area (Å²) in [6.07, 6.45) is 0. The molecule has 0 aliphatic heterocycles. The Morgan fingerprint density at radius 3 is 2.79 bits per heavy atom. The lowest BCUT2D eigenvalue weighted by Gasteiger charge is -2.04. The highest BCUT2D eigenvalue weighted by molar-refractivity contribution is 7.13. The fourth-order valence-electron chi connectivity index (χ4n) is 2.61. The first-order valence-corrected chi connectivity index (χ1v) is 9.44. The number of para-hydroxylation sites is 1. The maximum atomic E-state index is 12.2. The molecule has 0 fully saturated rings. The summed E-state index contributed by atoms with van der Waals surface area (Å²) in [4.78, 5) is 28.7. The molecule has 0 saturated heterocycles. The number of fused-ring (bicyclic) bond motifs is 1. The Hall–Kier alpha value is -3.45. The van der Waals surface area contributed by atoms with Crippen LogP contribution in [0.15, 0.2) is 69.2 Å². The van der Waals surface area contributed by atoms with Crippen LogP contribution in [0.1, 0.15) is 21.8 Å². The highest BCUT2D eigenvalue weighted by Gasteiger charge is 2.14. The summed E-state index contributed by atoms with van der Waals surface area (Å²) in [6, 6.07) is 15.9. The lowest BCUT2D eigenvalue weighted by Crippen LogP contribution is -2.10. The van der Waals surface area contributed by atoms with E-state index in [9.17, 15) is 9.59 Å². The Bertz CT molecular complexity index is 1190. The number of nitrogens with one attached hydrogen (secondary N) is 1. The number of rotatable bonds is 5. The predicted molar refractivity (Wildman–Crippen MR) is 108 cm³/mol. The fourth-order valence-corrected chi connectivity index (χ4v) is 3.32. The van der Waals surface area contributed by atoms with Gasteiger partial charge in [0.2, 0.25) is 5.76 Å². The normalized spacial score (nSPS) is 10.8. The Labute approximate surface area is 164 Å². The van der Waals surface area contributed by atoms with E-state index in [1.54, 1.807) is 29.6 Å². The largest absolute Gasteiger partial charge is 0.453 e. The van der Waals surface area contributed by atoms with Crippen LogP contribution in [0.25, 0.3) is 11.0 Å². The highest BCUT2D eigenvalue weighted by Crippen LogP contribution is 2.22. The molecule has 7 heteroatoms. The van der Waals surface area contributed by atoms with Gasteiger partial charge in [-0.2, -0.15) is 0 Å². The lowest BCUT2D eigenvalue weighted by molar-refractivity contribution is 0.0432. The van der Waals surface area contributed by atoms with Crippen LogP contribution in [-0.2, 0) is 11.3 Å². The van der Waals surface area contributed by atoms with Crippen molar-refractivity contribution in [1.82, 2.24) is 4.98 Å². The minimum absolute atomic E-state index is 0.0125.